The topological polar surface area (TPSA) is 59.8 Å². The van der Waals surface area contributed by atoms with Crippen LogP contribution in [-0.4, -0.2) is 20.9 Å². The molecule has 1 aromatic heterocycles. The lowest BCUT2D eigenvalue weighted by Gasteiger charge is -2.20. The number of carbonyl (C=O) groups is 1. The van der Waals surface area contributed by atoms with E-state index in [-0.39, 0.29) is 11.8 Å². The molecule has 3 aromatic rings. The highest BCUT2D eigenvalue weighted by Gasteiger charge is 2.21. The van der Waals surface area contributed by atoms with Gasteiger partial charge in [0.05, 0.1) is 5.69 Å². The van der Waals surface area contributed by atoms with Crippen LogP contribution in [0.4, 0.5) is 5.69 Å². The fraction of sp³-hybridized carbons (Fsp3) is 0.316. The Morgan fingerprint density at radius 2 is 1.72 bits per heavy atom. The first-order valence-electron chi connectivity index (χ1n) is 8.63. The van der Waals surface area contributed by atoms with E-state index in [1.165, 1.54) is 6.42 Å². The summed E-state index contributed by atoms with van der Waals surface area (Å²) in [6.45, 7) is 0. The fourth-order valence-corrected chi connectivity index (χ4v) is 3.42. The Bertz CT molecular complexity index is 897. The van der Waals surface area contributed by atoms with Crippen LogP contribution in [0, 0.1) is 5.92 Å². The Morgan fingerprint density at radius 1 is 1.00 bits per heavy atom. The molecule has 1 fully saturated rings. The Kier molecular flexibility index (Phi) is 4.40. The zero-order chi connectivity index (χ0) is 17.2. The molecule has 0 atom stereocenters. The van der Waals surface area contributed by atoms with E-state index in [2.05, 4.69) is 15.5 Å². The maximum Gasteiger partial charge on any atom is 0.227 e. The van der Waals surface area contributed by atoms with Crippen molar-refractivity contribution in [1.29, 1.82) is 0 Å². The summed E-state index contributed by atoms with van der Waals surface area (Å²) in [5, 5.41) is 12.7. The molecule has 0 aliphatic heterocycles. The highest BCUT2D eigenvalue weighted by molar-refractivity contribution is 6.30. The van der Waals surface area contributed by atoms with E-state index in [9.17, 15) is 4.79 Å². The number of carbonyl (C=O) groups excluding carboxylic acids is 1. The van der Waals surface area contributed by atoms with Crippen LogP contribution in [0.3, 0.4) is 0 Å². The molecule has 1 heterocycles. The second-order valence-electron chi connectivity index (χ2n) is 6.49. The van der Waals surface area contributed by atoms with Gasteiger partial charge in [0.1, 0.15) is 11.0 Å². The van der Waals surface area contributed by atoms with Crippen molar-refractivity contribution in [2.75, 3.05) is 5.32 Å². The summed E-state index contributed by atoms with van der Waals surface area (Å²) in [6, 6.07) is 13.0. The van der Waals surface area contributed by atoms with Crippen molar-refractivity contribution in [2.45, 2.75) is 32.1 Å². The lowest BCUT2D eigenvalue weighted by Crippen LogP contribution is -2.24. The van der Waals surface area contributed by atoms with Crippen molar-refractivity contribution in [3.8, 4) is 5.69 Å². The van der Waals surface area contributed by atoms with Crippen LogP contribution in [0.5, 0.6) is 0 Å². The smallest absolute Gasteiger partial charge is 0.227 e. The monoisotopic (exact) mass is 354 g/mol. The summed E-state index contributed by atoms with van der Waals surface area (Å²) in [5.74, 6) is 0.248. The van der Waals surface area contributed by atoms with Gasteiger partial charge >= 0.3 is 0 Å². The van der Waals surface area contributed by atoms with Crippen LogP contribution in [0.1, 0.15) is 32.1 Å². The number of benzene rings is 2. The molecule has 0 spiro atoms. The van der Waals surface area contributed by atoms with E-state index in [0.29, 0.717) is 5.02 Å². The lowest BCUT2D eigenvalue weighted by molar-refractivity contribution is -0.120. The number of amides is 1. The molecule has 0 saturated heterocycles. The van der Waals surface area contributed by atoms with E-state index in [4.69, 9.17) is 11.6 Å². The van der Waals surface area contributed by atoms with Gasteiger partial charge in [0.25, 0.3) is 0 Å². The molecule has 4 rings (SSSR count). The van der Waals surface area contributed by atoms with Gasteiger partial charge in [-0.3, -0.25) is 4.79 Å². The van der Waals surface area contributed by atoms with Crippen molar-refractivity contribution in [3.63, 3.8) is 0 Å². The second kappa shape index (κ2) is 6.84. The highest BCUT2D eigenvalue weighted by atomic mass is 35.5. The molecule has 128 valence electrons. The minimum absolute atomic E-state index is 0.115. The molecule has 1 saturated carbocycles. The Labute approximate surface area is 151 Å². The van der Waals surface area contributed by atoms with E-state index in [1.807, 2.05) is 30.3 Å². The second-order valence-corrected chi connectivity index (χ2v) is 6.93. The van der Waals surface area contributed by atoms with Crippen molar-refractivity contribution < 1.29 is 4.79 Å². The third-order valence-corrected chi connectivity index (χ3v) is 4.93. The summed E-state index contributed by atoms with van der Waals surface area (Å²) in [5.41, 5.74) is 3.14. The van der Waals surface area contributed by atoms with Gasteiger partial charge in [-0.15, -0.1) is 10.2 Å². The molecule has 25 heavy (non-hydrogen) atoms. The third-order valence-electron chi connectivity index (χ3n) is 4.68. The Balaban J connectivity index is 1.55. The number of fused-ring (bicyclic) bond motifs is 1. The zero-order valence-corrected chi connectivity index (χ0v) is 14.5. The molecule has 2 aromatic carbocycles. The zero-order valence-electron chi connectivity index (χ0n) is 13.8. The first-order valence-corrected chi connectivity index (χ1v) is 9.01. The summed E-state index contributed by atoms with van der Waals surface area (Å²) in [6.07, 6.45) is 5.50. The molecule has 1 amide bonds. The maximum absolute atomic E-state index is 12.4. The van der Waals surface area contributed by atoms with E-state index >= 15 is 0 Å². The molecule has 1 aliphatic carbocycles. The average Bonchev–Trinajstić information content (AvgIpc) is 3.06. The quantitative estimate of drug-likeness (QED) is 0.748. The van der Waals surface area contributed by atoms with Gasteiger partial charge in [0, 0.05) is 16.6 Å². The number of rotatable bonds is 3. The molecule has 0 radical (unpaired) electrons. The van der Waals surface area contributed by atoms with E-state index < -0.39 is 0 Å². The van der Waals surface area contributed by atoms with E-state index in [1.54, 1.807) is 16.9 Å². The molecule has 1 N–H and O–H groups in total. The molecular formula is C19H19ClN4O. The number of aromatic nitrogens is 3. The van der Waals surface area contributed by atoms with Crippen molar-refractivity contribution in [2.24, 2.45) is 5.92 Å². The minimum atomic E-state index is 0.115. The molecule has 0 bridgehead atoms. The first kappa shape index (κ1) is 16.1. The number of hydrogen-bond acceptors (Lipinski definition) is 3. The molecule has 6 heteroatoms. The summed E-state index contributed by atoms with van der Waals surface area (Å²) in [4.78, 5) is 14.0. The number of halogens is 1. The number of anilines is 1. The van der Waals surface area contributed by atoms with Crippen LogP contribution in [0.15, 0.2) is 42.5 Å². The lowest BCUT2D eigenvalue weighted by atomic mass is 9.88. The average molecular weight is 355 g/mol. The highest BCUT2D eigenvalue weighted by Crippen LogP contribution is 2.25. The van der Waals surface area contributed by atoms with Gasteiger partial charge in [-0.2, -0.15) is 4.80 Å². The normalized spacial score (nSPS) is 15.4. The molecular weight excluding hydrogens is 336 g/mol. The first-order chi connectivity index (χ1) is 12.2. The van der Waals surface area contributed by atoms with Gasteiger partial charge in [0.15, 0.2) is 0 Å². The van der Waals surface area contributed by atoms with Gasteiger partial charge in [-0.05, 0) is 55.3 Å². The minimum Gasteiger partial charge on any atom is -0.326 e. The predicted molar refractivity (Wildman–Crippen MR) is 99.1 cm³/mol. The fourth-order valence-electron chi connectivity index (χ4n) is 3.29. The summed E-state index contributed by atoms with van der Waals surface area (Å²) < 4.78 is 0. The van der Waals surface area contributed by atoms with Crippen LogP contribution in [-0.2, 0) is 4.79 Å². The van der Waals surface area contributed by atoms with Gasteiger partial charge < -0.3 is 5.32 Å². The van der Waals surface area contributed by atoms with Crippen molar-refractivity contribution in [3.05, 3.63) is 47.5 Å². The van der Waals surface area contributed by atoms with Gasteiger partial charge in [-0.25, -0.2) is 0 Å². The summed E-state index contributed by atoms with van der Waals surface area (Å²) in [7, 11) is 0. The third kappa shape index (κ3) is 3.51. The van der Waals surface area contributed by atoms with Crippen LogP contribution in [0.2, 0.25) is 5.02 Å². The van der Waals surface area contributed by atoms with Crippen molar-refractivity contribution in [1.82, 2.24) is 15.0 Å². The standard InChI is InChI=1S/C19H19ClN4O/c20-14-6-9-16(10-7-14)24-22-17-11-8-15(12-18(17)23-24)21-19(25)13-4-2-1-3-5-13/h6-13H,1-5H2,(H,21,25). The Morgan fingerprint density at radius 3 is 2.48 bits per heavy atom. The molecule has 1 aliphatic rings. The predicted octanol–water partition coefficient (Wildman–Crippen LogP) is 4.59. The summed E-state index contributed by atoms with van der Waals surface area (Å²) >= 11 is 5.92. The maximum atomic E-state index is 12.4. The molecule has 0 unspecified atom stereocenters. The van der Waals surface area contributed by atoms with Gasteiger partial charge in [0.2, 0.25) is 5.91 Å². The van der Waals surface area contributed by atoms with Gasteiger partial charge in [-0.1, -0.05) is 30.9 Å². The van der Waals surface area contributed by atoms with Crippen LogP contribution >= 0.6 is 11.6 Å². The number of nitrogens with one attached hydrogen (secondary N) is 1. The largest absolute Gasteiger partial charge is 0.326 e. The number of hydrogen-bond donors (Lipinski definition) is 1. The van der Waals surface area contributed by atoms with Crippen LogP contribution < -0.4 is 5.32 Å². The SMILES string of the molecule is O=C(Nc1ccc2nn(-c3ccc(Cl)cc3)nc2c1)C1CCCCC1. The number of nitrogens with zero attached hydrogens (tertiary/aromatic N) is 3. The Hall–Kier alpha value is -2.40. The van der Waals surface area contributed by atoms with Crippen molar-refractivity contribution >= 4 is 34.2 Å². The van der Waals surface area contributed by atoms with E-state index in [0.717, 1.165) is 48.1 Å². The molecule has 5 nitrogen and oxygen atoms in total. The van der Waals surface area contributed by atoms with Crippen LogP contribution in [0.25, 0.3) is 16.7 Å².